The Labute approximate surface area is 120 Å². The Balaban J connectivity index is 1.64. The van der Waals surface area contributed by atoms with Crippen molar-refractivity contribution < 1.29 is 4.74 Å². The quantitative estimate of drug-likeness (QED) is 0.822. The van der Waals surface area contributed by atoms with Crippen molar-refractivity contribution in [3.05, 3.63) is 65.7 Å². The minimum atomic E-state index is 0.528. The van der Waals surface area contributed by atoms with E-state index in [0.29, 0.717) is 12.0 Å². The largest absolute Gasteiger partial charge is 0.493 e. The van der Waals surface area contributed by atoms with Gasteiger partial charge in [-0.3, -0.25) is 4.90 Å². The first-order valence-corrected chi connectivity index (χ1v) is 7.41. The van der Waals surface area contributed by atoms with Gasteiger partial charge >= 0.3 is 0 Å². The number of nitrogens with zero attached hydrogens (tertiary/aromatic N) is 1. The second kappa shape index (κ2) is 4.95. The van der Waals surface area contributed by atoms with Gasteiger partial charge in [-0.05, 0) is 24.6 Å². The predicted molar refractivity (Wildman–Crippen MR) is 79.6 cm³/mol. The zero-order valence-corrected chi connectivity index (χ0v) is 11.5. The molecule has 2 aromatic rings. The van der Waals surface area contributed by atoms with E-state index in [4.69, 9.17) is 4.74 Å². The molecule has 2 nitrogen and oxygen atoms in total. The van der Waals surface area contributed by atoms with Crippen LogP contribution in [0.3, 0.4) is 0 Å². The maximum Gasteiger partial charge on any atom is 0.124 e. The van der Waals surface area contributed by atoms with E-state index in [-0.39, 0.29) is 0 Å². The van der Waals surface area contributed by atoms with Gasteiger partial charge < -0.3 is 4.74 Å². The first-order chi connectivity index (χ1) is 9.92. The van der Waals surface area contributed by atoms with Crippen molar-refractivity contribution in [2.75, 3.05) is 13.2 Å². The Morgan fingerprint density at radius 1 is 1.00 bits per heavy atom. The van der Waals surface area contributed by atoms with Crippen LogP contribution in [0.2, 0.25) is 0 Å². The summed E-state index contributed by atoms with van der Waals surface area (Å²) in [6.07, 6.45) is 1.24. The van der Waals surface area contributed by atoms with Crippen LogP contribution in [0.1, 0.15) is 23.6 Å². The average Bonchev–Trinajstić information content (AvgIpc) is 2.92. The Morgan fingerprint density at radius 3 is 2.70 bits per heavy atom. The van der Waals surface area contributed by atoms with Crippen LogP contribution >= 0.6 is 0 Å². The van der Waals surface area contributed by atoms with Gasteiger partial charge in [0.15, 0.2) is 0 Å². The van der Waals surface area contributed by atoms with Crippen molar-refractivity contribution in [1.29, 1.82) is 0 Å². The fourth-order valence-electron chi connectivity index (χ4n) is 3.60. The van der Waals surface area contributed by atoms with Crippen molar-refractivity contribution in [1.82, 2.24) is 4.90 Å². The topological polar surface area (TPSA) is 12.5 Å². The van der Waals surface area contributed by atoms with E-state index in [1.165, 1.54) is 24.1 Å². The van der Waals surface area contributed by atoms with E-state index >= 15 is 0 Å². The molecule has 0 aliphatic carbocycles. The fraction of sp³-hybridized carbons (Fsp3) is 0.333. The van der Waals surface area contributed by atoms with E-state index in [1.54, 1.807) is 0 Å². The molecule has 2 atom stereocenters. The number of hydrogen-bond acceptors (Lipinski definition) is 2. The molecule has 102 valence electrons. The minimum absolute atomic E-state index is 0.528. The van der Waals surface area contributed by atoms with Crippen molar-refractivity contribution >= 4 is 0 Å². The number of fused-ring (bicyclic) bond motifs is 3. The zero-order valence-electron chi connectivity index (χ0n) is 11.5. The Bertz CT molecular complexity index is 595. The van der Waals surface area contributed by atoms with Gasteiger partial charge in [-0.25, -0.2) is 0 Å². The third-order valence-electron chi connectivity index (χ3n) is 4.55. The van der Waals surface area contributed by atoms with E-state index in [2.05, 4.69) is 59.5 Å². The molecule has 0 spiro atoms. The summed E-state index contributed by atoms with van der Waals surface area (Å²) in [7, 11) is 0. The summed E-state index contributed by atoms with van der Waals surface area (Å²) >= 11 is 0. The van der Waals surface area contributed by atoms with Crippen molar-refractivity contribution in [3.63, 3.8) is 0 Å². The highest BCUT2D eigenvalue weighted by Gasteiger charge is 2.39. The van der Waals surface area contributed by atoms with Gasteiger partial charge in [0.1, 0.15) is 5.75 Å². The lowest BCUT2D eigenvalue weighted by molar-refractivity contribution is 0.144. The summed E-state index contributed by atoms with van der Waals surface area (Å²) in [5, 5.41) is 0. The van der Waals surface area contributed by atoms with Crippen LogP contribution in [0.15, 0.2) is 54.6 Å². The highest BCUT2D eigenvalue weighted by Crippen LogP contribution is 2.45. The van der Waals surface area contributed by atoms with Crippen molar-refractivity contribution in [2.24, 2.45) is 5.92 Å². The SMILES string of the molecule is c1ccc(CN2CC[C@H]3COc4ccccc4[C@H]32)cc1. The lowest BCUT2D eigenvalue weighted by Gasteiger charge is -2.33. The minimum Gasteiger partial charge on any atom is -0.493 e. The number of rotatable bonds is 2. The molecule has 0 bridgehead atoms. The highest BCUT2D eigenvalue weighted by molar-refractivity contribution is 5.39. The number of benzene rings is 2. The second-order valence-electron chi connectivity index (χ2n) is 5.80. The van der Waals surface area contributed by atoms with Gasteiger partial charge in [-0.1, -0.05) is 48.5 Å². The normalized spacial score (nSPS) is 24.8. The molecule has 2 aliphatic rings. The van der Waals surface area contributed by atoms with Gasteiger partial charge in [0.05, 0.1) is 6.61 Å². The van der Waals surface area contributed by atoms with Crippen molar-refractivity contribution in [2.45, 2.75) is 19.0 Å². The Morgan fingerprint density at radius 2 is 1.80 bits per heavy atom. The van der Waals surface area contributed by atoms with Gasteiger partial charge in [0.2, 0.25) is 0 Å². The molecule has 2 aliphatic heterocycles. The molecule has 1 fully saturated rings. The molecule has 1 saturated heterocycles. The molecule has 0 radical (unpaired) electrons. The summed E-state index contributed by atoms with van der Waals surface area (Å²) in [5.41, 5.74) is 2.77. The lowest BCUT2D eigenvalue weighted by atomic mass is 9.91. The average molecular weight is 265 g/mol. The van der Waals surface area contributed by atoms with Crippen LogP contribution in [-0.4, -0.2) is 18.1 Å². The molecule has 2 heteroatoms. The molecule has 0 unspecified atom stereocenters. The van der Waals surface area contributed by atoms with Crippen molar-refractivity contribution in [3.8, 4) is 5.75 Å². The molecule has 0 aromatic heterocycles. The lowest BCUT2D eigenvalue weighted by Crippen LogP contribution is -2.30. The molecule has 0 N–H and O–H groups in total. The van der Waals surface area contributed by atoms with E-state index in [1.807, 2.05) is 0 Å². The van der Waals surface area contributed by atoms with Crippen LogP contribution in [0, 0.1) is 5.92 Å². The summed E-state index contributed by atoms with van der Waals surface area (Å²) < 4.78 is 5.91. The number of para-hydroxylation sites is 1. The van der Waals surface area contributed by atoms with Crippen LogP contribution in [0.4, 0.5) is 0 Å². The Hall–Kier alpha value is -1.80. The number of ether oxygens (including phenoxy) is 1. The van der Waals surface area contributed by atoms with E-state index in [9.17, 15) is 0 Å². The first-order valence-electron chi connectivity index (χ1n) is 7.41. The summed E-state index contributed by atoms with van der Waals surface area (Å²) in [6, 6.07) is 19.8. The van der Waals surface area contributed by atoms with E-state index < -0.39 is 0 Å². The van der Waals surface area contributed by atoms with Crippen LogP contribution in [0.25, 0.3) is 0 Å². The molecular weight excluding hydrogens is 246 g/mol. The molecule has 20 heavy (non-hydrogen) atoms. The summed E-state index contributed by atoms with van der Waals surface area (Å²) in [4.78, 5) is 2.61. The zero-order chi connectivity index (χ0) is 13.4. The molecule has 0 amide bonds. The summed E-state index contributed by atoms with van der Waals surface area (Å²) in [6.45, 7) is 3.07. The first kappa shape index (κ1) is 12.0. The van der Waals surface area contributed by atoms with Crippen LogP contribution < -0.4 is 4.74 Å². The van der Waals surface area contributed by atoms with Gasteiger partial charge in [0.25, 0.3) is 0 Å². The number of likely N-dealkylation sites (tertiary alicyclic amines) is 1. The molecule has 2 aromatic carbocycles. The maximum absolute atomic E-state index is 5.91. The third kappa shape index (κ3) is 2.01. The van der Waals surface area contributed by atoms with Gasteiger partial charge in [-0.2, -0.15) is 0 Å². The Kier molecular flexibility index (Phi) is 2.96. The predicted octanol–water partition coefficient (Wildman–Crippen LogP) is 3.64. The smallest absolute Gasteiger partial charge is 0.124 e. The van der Waals surface area contributed by atoms with Crippen LogP contribution in [0.5, 0.6) is 5.75 Å². The third-order valence-corrected chi connectivity index (χ3v) is 4.55. The molecule has 2 heterocycles. The van der Waals surface area contributed by atoms with Gasteiger partial charge in [-0.15, -0.1) is 0 Å². The maximum atomic E-state index is 5.91. The second-order valence-corrected chi connectivity index (χ2v) is 5.80. The molecule has 0 saturated carbocycles. The highest BCUT2D eigenvalue weighted by atomic mass is 16.5. The summed E-state index contributed by atoms with van der Waals surface area (Å²) in [5.74, 6) is 1.72. The van der Waals surface area contributed by atoms with Crippen LogP contribution in [-0.2, 0) is 6.54 Å². The van der Waals surface area contributed by atoms with E-state index in [0.717, 1.165) is 18.9 Å². The van der Waals surface area contributed by atoms with Gasteiger partial charge in [0, 0.05) is 24.1 Å². The fourth-order valence-corrected chi connectivity index (χ4v) is 3.60. The standard InChI is InChI=1S/C18H19NO/c1-2-6-14(7-3-1)12-19-11-10-15-13-20-17-9-5-4-8-16(17)18(15)19/h1-9,15,18H,10-13H2/t15-,18-/m0/s1. The molecular formula is C18H19NO. The number of hydrogen-bond donors (Lipinski definition) is 0. The molecule has 4 rings (SSSR count). The monoisotopic (exact) mass is 265 g/mol.